The van der Waals surface area contributed by atoms with Gasteiger partial charge in [-0.3, -0.25) is 0 Å². The maximum Gasteiger partial charge on any atom is 0.135 e. The minimum Gasteiger partial charge on any atom is -0.457 e. The molecule has 0 radical (unpaired) electrons. The van der Waals surface area contributed by atoms with Crippen molar-refractivity contribution in [2.45, 2.75) is 26.8 Å². The van der Waals surface area contributed by atoms with Crippen molar-refractivity contribution in [1.82, 2.24) is 0 Å². The summed E-state index contributed by atoms with van der Waals surface area (Å²) in [6.07, 6.45) is 0. The second-order valence-electron chi connectivity index (χ2n) is 4.74. The summed E-state index contributed by atoms with van der Waals surface area (Å²) in [7, 11) is 0. The van der Waals surface area contributed by atoms with Crippen molar-refractivity contribution >= 4 is 0 Å². The van der Waals surface area contributed by atoms with E-state index in [4.69, 9.17) is 10.5 Å². The highest BCUT2D eigenvalue weighted by Crippen LogP contribution is 2.32. The van der Waals surface area contributed by atoms with E-state index >= 15 is 0 Å². The molecule has 19 heavy (non-hydrogen) atoms. The molecule has 0 aromatic heterocycles. The average molecular weight is 259 g/mol. The second-order valence-corrected chi connectivity index (χ2v) is 4.74. The van der Waals surface area contributed by atoms with Crippen LogP contribution < -0.4 is 10.5 Å². The van der Waals surface area contributed by atoms with Gasteiger partial charge in [-0.15, -0.1) is 0 Å². The number of hydrogen-bond acceptors (Lipinski definition) is 2. The predicted octanol–water partition coefficient (Wildman–Crippen LogP) is 4.25. The van der Waals surface area contributed by atoms with E-state index in [1.807, 2.05) is 32.0 Å². The lowest BCUT2D eigenvalue weighted by Gasteiger charge is -2.16. The number of rotatable bonds is 3. The van der Waals surface area contributed by atoms with Crippen LogP contribution in [0.15, 0.2) is 36.4 Å². The first-order valence-electron chi connectivity index (χ1n) is 6.28. The molecule has 0 unspecified atom stereocenters. The molecule has 2 nitrogen and oxygen atoms in total. The summed E-state index contributed by atoms with van der Waals surface area (Å²) in [4.78, 5) is 0. The summed E-state index contributed by atoms with van der Waals surface area (Å²) in [5.41, 5.74) is 8.40. The molecule has 2 aromatic carbocycles. The molecular formula is C16H18FNO. The number of benzene rings is 2. The topological polar surface area (TPSA) is 35.2 Å². The molecular weight excluding hydrogens is 241 g/mol. The fourth-order valence-corrected chi connectivity index (χ4v) is 2.00. The van der Waals surface area contributed by atoms with Crippen LogP contribution in [-0.2, 0) is 0 Å². The van der Waals surface area contributed by atoms with Crippen LogP contribution in [0, 0.1) is 19.7 Å². The van der Waals surface area contributed by atoms with Crippen molar-refractivity contribution in [3.05, 3.63) is 58.9 Å². The zero-order chi connectivity index (χ0) is 14.0. The quantitative estimate of drug-likeness (QED) is 0.894. The minimum absolute atomic E-state index is 0.335. The number of aryl methyl sites for hydroxylation is 1. The Labute approximate surface area is 113 Å². The molecule has 0 spiro atoms. The van der Waals surface area contributed by atoms with Gasteiger partial charge in [0.15, 0.2) is 0 Å². The summed E-state index contributed by atoms with van der Waals surface area (Å²) in [5, 5.41) is 0. The molecule has 0 aliphatic rings. The van der Waals surface area contributed by atoms with Crippen molar-refractivity contribution in [1.29, 1.82) is 0 Å². The van der Waals surface area contributed by atoms with Crippen LogP contribution in [0.4, 0.5) is 4.39 Å². The van der Waals surface area contributed by atoms with Crippen molar-refractivity contribution in [3.63, 3.8) is 0 Å². The smallest absolute Gasteiger partial charge is 0.135 e. The fourth-order valence-electron chi connectivity index (χ4n) is 2.00. The fraction of sp³-hybridized carbons (Fsp3) is 0.250. The van der Waals surface area contributed by atoms with Gasteiger partial charge in [0.1, 0.15) is 17.3 Å². The van der Waals surface area contributed by atoms with Gasteiger partial charge in [0.2, 0.25) is 0 Å². The number of halogens is 1. The molecule has 0 heterocycles. The highest BCUT2D eigenvalue weighted by atomic mass is 19.1. The predicted molar refractivity (Wildman–Crippen MR) is 75.0 cm³/mol. The van der Waals surface area contributed by atoms with Crippen LogP contribution in [0.1, 0.15) is 29.7 Å². The maximum atomic E-state index is 13.8. The van der Waals surface area contributed by atoms with E-state index in [9.17, 15) is 4.39 Å². The first-order valence-corrected chi connectivity index (χ1v) is 6.28. The lowest BCUT2D eigenvalue weighted by molar-refractivity contribution is 0.457. The van der Waals surface area contributed by atoms with Gasteiger partial charge in [0.05, 0.1) is 0 Å². The summed E-state index contributed by atoms with van der Waals surface area (Å²) in [6, 6.07) is 10.2. The summed E-state index contributed by atoms with van der Waals surface area (Å²) in [6.45, 7) is 5.74. The van der Waals surface area contributed by atoms with Gasteiger partial charge in [-0.25, -0.2) is 4.39 Å². The van der Waals surface area contributed by atoms with Crippen LogP contribution in [0.3, 0.4) is 0 Å². The summed E-state index contributed by atoms with van der Waals surface area (Å²) in [5.74, 6) is 0.869. The standard InChI is InChI=1S/C16H18FNO/c1-10-6-4-8-14(11(10)2)19-15-9-5-7-13(17)16(15)12(3)18/h4-9,12H,18H2,1-3H3/t12-/m0/s1. The number of hydrogen-bond donors (Lipinski definition) is 1. The van der Waals surface area contributed by atoms with E-state index in [0.717, 1.165) is 16.9 Å². The SMILES string of the molecule is Cc1cccc(Oc2cccc(F)c2[C@H](C)N)c1C. The third-order valence-corrected chi connectivity index (χ3v) is 3.24. The van der Waals surface area contributed by atoms with Gasteiger partial charge in [0, 0.05) is 11.6 Å². The van der Waals surface area contributed by atoms with Crippen LogP contribution in [0.2, 0.25) is 0 Å². The molecule has 0 amide bonds. The average Bonchev–Trinajstić information content (AvgIpc) is 2.34. The Morgan fingerprint density at radius 3 is 2.37 bits per heavy atom. The summed E-state index contributed by atoms with van der Waals surface area (Å²) < 4.78 is 19.7. The van der Waals surface area contributed by atoms with E-state index in [2.05, 4.69) is 0 Å². The highest BCUT2D eigenvalue weighted by Gasteiger charge is 2.15. The molecule has 0 aliphatic carbocycles. The molecule has 0 saturated carbocycles. The number of nitrogens with two attached hydrogens (primary N) is 1. The first kappa shape index (κ1) is 13.6. The van der Waals surface area contributed by atoms with Gasteiger partial charge in [-0.2, -0.15) is 0 Å². The monoisotopic (exact) mass is 259 g/mol. The lowest BCUT2D eigenvalue weighted by atomic mass is 10.1. The van der Waals surface area contributed by atoms with Gasteiger partial charge in [0.25, 0.3) is 0 Å². The normalized spacial score (nSPS) is 12.3. The van der Waals surface area contributed by atoms with E-state index in [1.165, 1.54) is 6.07 Å². The first-order chi connectivity index (χ1) is 9.00. The number of ether oxygens (including phenoxy) is 1. The molecule has 1 atom stereocenters. The zero-order valence-electron chi connectivity index (χ0n) is 11.4. The van der Waals surface area contributed by atoms with Crippen LogP contribution in [-0.4, -0.2) is 0 Å². The van der Waals surface area contributed by atoms with Gasteiger partial charge in [-0.1, -0.05) is 18.2 Å². The van der Waals surface area contributed by atoms with Gasteiger partial charge in [-0.05, 0) is 50.1 Å². The molecule has 0 saturated heterocycles. The van der Waals surface area contributed by atoms with Crippen molar-refractivity contribution in [2.75, 3.05) is 0 Å². The van der Waals surface area contributed by atoms with Gasteiger partial charge < -0.3 is 10.5 Å². The van der Waals surface area contributed by atoms with Crippen molar-refractivity contribution in [3.8, 4) is 11.5 Å². The van der Waals surface area contributed by atoms with E-state index in [0.29, 0.717) is 11.3 Å². The molecule has 2 rings (SSSR count). The van der Waals surface area contributed by atoms with E-state index < -0.39 is 6.04 Å². The van der Waals surface area contributed by atoms with Crippen molar-refractivity contribution in [2.24, 2.45) is 5.73 Å². The minimum atomic E-state index is -0.415. The molecule has 2 aromatic rings. The molecule has 0 bridgehead atoms. The zero-order valence-corrected chi connectivity index (χ0v) is 11.4. The second kappa shape index (κ2) is 5.41. The van der Waals surface area contributed by atoms with Crippen LogP contribution in [0.25, 0.3) is 0 Å². The van der Waals surface area contributed by atoms with E-state index in [1.54, 1.807) is 19.1 Å². The third kappa shape index (κ3) is 2.76. The third-order valence-electron chi connectivity index (χ3n) is 3.24. The molecule has 0 aliphatic heterocycles. The Balaban J connectivity index is 2.44. The van der Waals surface area contributed by atoms with Crippen molar-refractivity contribution < 1.29 is 9.13 Å². The highest BCUT2D eigenvalue weighted by molar-refractivity contribution is 5.44. The van der Waals surface area contributed by atoms with Crippen LogP contribution in [0.5, 0.6) is 11.5 Å². The Kier molecular flexibility index (Phi) is 3.86. The Morgan fingerprint density at radius 1 is 1.05 bits per heavy atom. The Bertz CT molecular complexity index is 593. The molecule has 2 N–H and O–H groups in total. The largest absolute Gasteiger partial charge is 0.457 e. The molecule has 0 fully saturated rings. The molecule has 100 valence electrons. The maximum absolute atomic E-state index is 13.8. The van der Waals surface area contributed by atoms with E-state index in [-0.39, 0.29) is 5.82 Å². The lowest BCUT2D eigenvalue weighted by Crippen LogP contribution is -2.09. The molecule has 3 heteroatoms. The Hall–Kier alpha value is -1.87. The van der Waals surface area contributed by atoms with Gasteiger partial charge >= 0.3 is 0 Å². The van der Waals surface area contributed by atoms with Crippen LogP contribution >= 0.6 is 0 Å². The summed E-state index contributed by atoms with van der Waals surface area (Å²) >= 11 is 0. The Morgan fingerprint density at radius 2 is 1.68 bits per heavy atom.